The fraction of sp³-hybridized carbons (Fsp3) is 0.235. The molecule has 132 valence electrons. The second-order valence-corrected chi connectivity index (χ2v) is 6.20. The Hall–Kier alpha value is -2.35. The number of fused-ring (bicyclic) bond motifs is 1. The van der Waals surface area contributed by atoms with Crippen molar-refractivity contribution in [1.82, 2.24) is 9.36 Å². The summed E-state index contributed by atoms with van der Waals surface area (Å²) in [5, 5.41) is 0.481. The molecule has 0 spiro atoms. The predicted octanol–water partition coefficient (Wildman–Crippen LogP) is 3.76. The van der Waals surface area contributed by atoms with Crippen LogP contribution in [0.15, 0.2) is 45.7 Å². The van der Waals surface area contributed by atoms with Gasteiger partial charge in [-0.2, -0.15) is 8.78 Å². The van der Waals surface area contributed by atoms with Gasteiger partial charge in [0.15, 0.2) is 5.75 Å². The molecule has 2 aromatic carbocycles. The van der Waals surface area contributed by atoms with Gasteiger partial charge in [0, 0.05) is 12.6 Å². The Morgan fingerprint density at radius 3 is 2.60 bits per heavy atom. The highest BCUT2D eigenvalue weighted by molar-refractivity contribution is 9.10. The molecule has 1 heterocycles. The summed E-state index contributed by atoms with van der Waals surface area (Å²) in [6.07, 6.45) is 0. The zero-order valence-electron chi connectivity index (χ0n) is 13.5. The van der Waals surface area contributed by atoms with Gasteiger partial charge in [0.2, 0.25) is 0 Å². The molecule has 0 N–H and O–H groups in total. The van der Waals surface area contributed by atoms with Gasteiger partial charge >= 0.3 is 6.61 Å². The summed E-state index contributed by atoms with van der Waals surface area (Å²) in [4.78, 5) is 12.5. The average Bonchev–Trinajstić information content (AvgIpc) is 2.81. The largest absolute Gasteiger partial charge is 0.493 e. The molecule has 3 rings (SSSR count). The van der Waals surface area contributed by atoms with Crippen LogP contribution in [0, 0.1) is 0 Å². The Balaban J connectivity index is 2.19. The molecule has 0 saturated heterocycles. The van der Waals surface area contributed by atoms with Crippen LogP contribution in [-0.2, 0) is 13.6 Å². The Morgan fingerprint density at radius 2 is 1.92 bits per heavy atom. The van der Waals surface area contributed by atoms with Crippen molar-refractivity contribution in [1.29, 1.82) is 0 Å². The minimum absolute atomic E-state index is 0.0702. The lowest BCUT2D eigenvalue weighted by Crippen LogP contribution is -2.20. The number of ether oxygens (including phenoxy) is 2. The van der Waals surface area contributed by atoms with Crippen LogP contribution >= 0.6 is 15.9 Å². The van der Waals surface area contributed by atoms with Crippen molar-refractivity contribution in [2.24, 2.45) is 7.05 Å². The molecule has 0 radical (unpaired) electrons. The maximum absolute atomic E-state index is 12.6. The molecule has 0 aliphatic carbocycles. The van der Waals surface area contributed by atoms with Gasteiger partial charge in [0.25, 0.3) is 5.56 Å². The van der Waals surface area contributed by atoms with Gasteiger partial charge in [-0.25, -0.2) is 0 Å². The third-order valence-corrected chi connectivity index (χ3v) is 4.57. The van der Waals surface area contributed by atoms with E-state index in [9.17, 15) is 13.6 Å². The van der Waals surface area contributed by atoms with Gasteiger partial charge in [0.1, 0.15) is 11.3 Å². The Kier molecular flexibility index (Phi) is 4.80. The van der Waals surface area contributed by atoms with Gasteiger partial charge in [-0.3, -0.25) is 14.2 Å². The summed E-state index contributed by atoms with van der Waals surface area (Å²) in [6, 6.07) is 9.93. The third kappa shape index (κ3) is 3.13. The van der Waals surface area contributed by atoms with Crippen LogP contribution in [0.4, 0.5) is 8.78 Å². The van der Waals surface area contributed by atoms with Crippen LogP contribution < -0.4 is 15.0 Å². The number of para-hydroxylation sites is 1. The summed E-state index contributed by atoms with van der Waals surface area (Å²) in [5.41, 5.74) is 0.904. The highest BCUT2D eigenvalue weighted by Gasteiger charge is 2.19. The van der Waals surface area contributed by atoms with Gasteiger partial charge in [-0.1, -0.05) is 18.2 Å². The van der Waals surface area contributed by atoms with E-state index in [0.29, 0.717) is 26.7 Å². The SMILES string of the molecule is COc1c(Br)ccc2c(=O)n(C)n(Cc3ccccc3OC(F)F)c12. The van der Waals surface area contributed by atoms with E-state index in [1.807, 2.05) is 0 Å². The van der Waals surface area contributed by atoms with E-state index in [2.05, 4.69) is 20.7 Å². The first-order valence-corrected chi connectivity index (χ1v) is 8.18. The zero-order valence-corrected chi connectivity index (χ0v) is 15.1. The first-order chi connectivity index (χ1) is 11.9. The van der Waals surface area contributed by atoms with Crippen LogP contribution in [0.3, 0.4) is 0 Å². The van der Waals surface area contributed by atoms with Crippen LogP contribution in [0.1, 0.15) is 5.56 Å². The van der Waals surface area contributed by atoms with Crippen molar-refractivity contribution in [3.05, 3.63) is 56.8 Å². The number of halogens is 3. The molecule has 0 amide bonds. The molecule has 3 aromatic rings. The standard InChI is InChI=1S/C17H15BrF2N2O3/c1-21-16(23)11-7-8-12(18)15(24-2)14(11)22(21)9-10-5-3-4-6-13(10)25-17(19)20/h3-8,17H,9H2,1-2H3. The smallest absolute Gasteiger partial charge is 0.387 e. The second kappa shape index (κ2) is 6.87. The van der Waals surface area contributed by atoms with Crippen LogP contribution in [-0.4, -0.2) is 23.1 Å². The van der Waals surface area contributed by atoms with Gasteiger partial charge in [-0.05, 0) is 34.1 Å². The maximum Gasteiger partial charge on any atom is 0.387 e. The summed E-state index contributed by atoms with van der Waals surface area (Å²) in [7, 11) is 3.13. The molecule has 0 atom stereocenters. The molecule has 25 heavy (non-hydrogen) atoms. The van der Waals surface area contributed by atoms with Crippen LogP contribution in [0.5, 0.6) is 11.5 Å². The number of aromatic nitrogens is 2. The topological polar surface area (TPSA) is 45.4 Å². The second-order valence-electron chi connectivity index (χ2n) is 5.35. The van der Waals surface area contributed by atoms with Crippen molar-refractivity contribution < 1.29 is 18.3 Å². The quantitative estimate of drug-likeness (QED) is 0.640. The van der Waals surface area contributed by atoms with Crippen molar-refractivity contribution in [2.75, 3.05) is 7.11 Å². The normalized spacial score (nSPS) is 11.3. The van der Waals surface area contributed by atoms with Crippen molar-refractivity contribution >= 4 is 26.8 Å². The van der Waals surface area contributed by atoms with Gasteiger partial charge < -0.3 is 9.47 Å². The van der Waals surface area contributed by atoms with E-state index in [1.54, 1.807) is 42.1 Å². The molecule has 0 fully saturated rings. The lowest BCUT2D eigenvalue weighted by Gasteiger charge is -2.15. The van der Waals surface area contributed by atoms with Crippen LogP contribution in [0.25, 0.3) is 10.9 Å². The van der Waals surface area contributed by atoms with E-state index in [4.69, 9.17) is 4.74 Å². The Labute approximate surface area is 150 Å². The van der Waals surface area contributed by atoms with Crippen molar-refractivity contribution in [2.45, 2.75) is 13.2 Å². The molecule has 8 heteroatoms. The molecule has 0 aliphatic rings. The summed E-state index contributed by atoms with van der Waals surface area (Å²) in [6.45, 7) is -2.75. The summed E-state index contributed by atoms with van der Waals surface area (Å²) >= 11 is 3.40. The monoisotopic (exact) mass is 412 g/mol. The van der Waals surface area contributed by atoms with Crippen molar-refractivity contribution in [3.8, 4) is 11.5 Å². The highest BCUT2D eigenvalue weighted by Crippen LogP contribution is 2.33. The minimum atomic E-state index is -2.92. The molecule has 0 unspecified atom stereocenters. The van der Waals surface area contributed by atoms with E-state index < -0.39 is 6.61 Å². The number of rotatable bonds is 5. The molecular formula is C17H15BrF2N2O3. The molecule has 1 aromatic heterocycles. The summed E-state index contributed by atoms with van der Waals surface area (Å²) in [5.74, 6) is 0.572. The van der Waals surface area contributed by atoms with Gasteiger partial charge in [0.05, 0.1) is 23.5 Å². The number of benzene rings is 2. The minimum Gasteiger partial charge on any atom is -0.493 e. The number of nitrogens with zero attached hydrogens (tertiary/aromatic N) is 2. The number of hydrogen-bond acceptors (Lipinski definition) is 3. The fourth-order valence-corrected chi connectivity index (χ4v) is 3.28. The number of methoxy groups -OCH3 is 1. The number of alkyl halides is 2. The lowest BCUT2D eigenvalue weighted by atomic mass is 10.2. The average molecular weight is 413 g/mol. The predicted molar refractivity (Wildman–Crippen MR) is 93.6 cm³/mol. The molecular weight excluding hydrogens is 398 g/mol. The molecule has 5 nitrogen and oxygen atoms in total. The first kappa shape index (κ1) is 17.5. The van der Waals surface area contributed by atoms with E-state index in [1.165, 1.54) is 17.9 Å². The van der Waals surface area contributed by atoms with E-state index in [0.717, 1.165) is 0 Å². The van der Waals surface area contributed by atoms with Crippen molar-refractivity contribution in [3.63, 3.8) is 0 Å². The van der Waals surface area contributed by atoms with E-state index >= 15 is 0 Å². The lowest BCUT2D eigenvalue weighted by molar-refractivity contribution is -0.0505. The van der Waals surface area contributed by atoms with Gasteiger partial charge in [-0.15, -0.1) is 0 Å². The van der Waals surface area contributed by atoms with E-state index in [-0.39, 0.29) is 17.9 Å². The molecule has 0 saturated carbocycles. The molecule has 0 aliphatic heterocycles. The third-order valence-electron chi connectivity index (χ3n) is 3.94. The summed E-state index contributed by atoms with van der Waals surface area (Å²) < 4.78 is 39.1. The van der Waals surface area contributed by atoms with Crippen LogP contribution in [0.2, 0.25) is 0 Å². The zero-order chi connectivity index (χ0) is 18.1. The first-order valence-electron chi connectivity index (χ1n) is 7.38. The molecule has 0 bridgehead atoms. The highest BCUT2D eigenvalue weighted by atomic mass is 79.9. The number of hydrogen-bond donors (Lipinski definition) is 0. The maximum atomic E-state index is 12.6. The Morgan fingerprint density at radius 1 is 1.20 bits per heavy atom. The fourth-order valence-electron chi connectivity index (χ4n) is 2.80. The Bertz CT molecular complexity index is 982.